The van der Waals surface area contributed by atoms with Crippen LogP contribution in [0.25, 0.3) is 0 Å². The van der Waals surface area contributed by atoms with Gasteiger partial charge in [-0.25, -0.2) is 4.79 Å². The number of rotatable bonds is 11. The van der Waals surface area contributed by atoms with Crippen LogP contribution < -0.4 is 0 Å². The average molecular weight is 286 g/mol. The highest BCUT2D eigenvalue weighted by Gasteiger charge is 2.05. The Balaban J connectivity index is 3.37. The van der Waals surface area contributed by atoms with E-state index in [9.17, 15) is 14.4 Å². The summed E-state index contributed by atoms with van der Waals surface area (Å²) in [6.45, 7) is 5.60. The first-order valence-corrected chi connectivity index (χ1v) is 6.63. The summed E-state index contributed by atoms with van der Waals surface area (Å²) >= 11 is 0. The molecule has 0 saturated heterocycles. The van der Waals surface area contributed by atoms with Crippen molar-refractivity contribution in [2.75, 3.05) is 13.2 Å². The van der Waals surface area contributed by atoms with Crippen LogP contribution in [0.1, 0.15) is 45.4 Å². The predicted octanol–water partition coefficient (Wildman–Crippen LogP) is 2.07. The van der Waals surface area contributed by atoms with Gasteiger partial charge in [0.2, 0.25) is 0 Å². The minimum absolute atomic E-state index is 0.0708. The summed E-state index contributed by atoms with van der Waals surface area (Å²) in [5.74, 6) is -1.60. The molecule has 0 unspecified atom stereocenters. The summed E-state index contributed by atoms with van der Waals surface area (Å²) in [5, 5.41) is 8.42. The predicted molar refractivity (Wildman–Crippen MR) is 72.1 cm³/mol. The SMILES string of the molecule is C=C(C)C(=O)OCCCCOC(=O)CCCCC(=O)O. The van der Waals surface area contributed by atoms with Gasteiger partial charge in [0, 0.05) is 18.4 Å². The van der Waals surface area contributed by atoms with E-state index in [1.807, 2.05) is 0 Å². The number of hydrogen-bond acceptors (Lipinski definition) is 5. The molecular weight excluding hydrogens is 264 g/mol. The van der Waals surface area contributed by atoms with Gasteiger partial charge in [-0.15, -0.1) is 0 Å². The van der Waals surface area contributed by atoms with Gasteiger partial charge < -0.3 is 14.6 Å². The van der Waals surface area contributed by atoms with Crippen molar-refractivity contribution in [2.45, 2.75) is 45.4 Å². The molecule has 0 aliphatic rings. The molecule has 0 rings (SSSR count). The van der Waals surface area contributed by atoms with Gasteiger partial charge in [0.15, 0.2) is 0 Å². The van der Waals surface area contributed by atoms with Gasteiger partial charge in [-0.05, 0) is 32.6 Å². The van der Waals surface area contributed by atoms with Crippen molar-refractivity contribution in [1.82, 2.24) is 0 Å². The van der Waals surface area contributed by atoms with Crippen molar-refractivity contribution in [3.63, 3.8) is 0 Å². The lowest BCUT2D eigenvalue weighted by Gasteiger charge is -2.05. The first-order valence-electron chi connectivity index (χ1n) is 6.63. The van der Waals surface area contributed by atoms with Gasteiger partial charge in [0.25, 0.3) is 0 Å². The zero-order valence-corrected chi connectivity index (χ0v) is 11.9. The van der Waals surface area contributed by atoms with Crippen molar-refractivity contribution in [3.8, 4) is 0 Å². The Kier molecular flexibility index (Phi) is 10.00. The van der Waals surface area contributed by atoms with Crippen LogP contribution in [-0.2, 0) is 23.9 Å². The third kappa shape index (κ3) is 11.3. The number of esters is 2. The minimum Gasteiger partial charge on any atom is -0.481 e. The normalized spacial score (nSPS) is 9.85. The highest BCUT2D eigenvalue weighted by Crippen LogP contribution is 2.02. The molecule has 0 aliphatic carbocycles. The van der Waals surface area contributed by atoms with Crippen LogP contribution in [0.15, 0.2) is 12.2 Å². The Morgan fingerprint density at radius 1 is 0.950 bits per heavy atom. The Labute approximate surface area is 118 Å². The number of aliphatic carboxylic acids is 1. The smallest absolute Gasteiger partial charge is 0.333 e. The first-order chi connectivity index (χ1) is 9.43. The monoisotopic (exact) mass is 286 g/mol. The van der Waals surface area contributed by atoms with Crippen LogP contribution in [-0.4, -0.2) is 36.2 Å². The topological polar surface area (TPSA) is 89.9 Å². The molecule has 0 aromatic heterocycles. The molecule has 0 radical (unpaired) electrons. The van der Waals surface area contributed by atoms with Crippen LogP contribution in [0.5, 0.6) is 0 Å². The van der Waals surface area contributed by atoms with Crippen molar-refractivity contribution in [1.29, 1.82) is 0 Å². The molecule has 0 aromatic carbocycles. The number of unbranched alkanes of at least 4 members (excludes halogenated alkanes) is 2. The van der Waals surface area contributed by atoms with E-state index in [0.717, 1.165) is 0 Å². The summed E-state index contributed by atoms with van der Waals surface area (Å²) in [5.41, 5.74) is 0.359. The third-order valence-corrected chi connectivity index (χ3v) is 2.40. The van der Waals surface area contributed by atoms with Crippen LogP contribution in [0, 0.1) is 0 Å². The van der Waals surface area contributed by atoms with E-state index in [-0.39, 0.29) is 32.0 Å². The molecule has 1 N–H and O–H groups in total. The van der Waals surface area contributed by atoms with Crippen molar-refractivity contribution in [3.05, 3.63) is 12.2 Å². The van der Waals surface area contributed by atoms with E-state index in [1.54, 1.807) is 6.92 Å². The minimum atomic E-state index is -0.859. The summed E-state index contributed by atoms with van der Waals surface area (Å²) in [4.78, 5) is 32.5. The lowest BCUT2D eigenvalue weighted by atomic mass is 10.2. The zero-order valence-electron chi connectivity index (χ0n) is 11.9. The maximum absolute atomic E-state index is 11.3. The van der Waals surface area contributed by atoms with Gasteiger partial charge >= 0.3 is 17.9 Å². The number of ether oxygens (including phenoxy) is 2. The van der Waals surface area contributed by atoms with E-state index in [0.29, 0.717) is 31.3 Å². The van der Waals surface area contributed by atoms with Gasteiger partial charge in [-0.1, -0.05) is 6.58 Å². The molecule has 6 heteroatoms. The standard InChI is InChI=1S/C14H22O6/c1-11(2)14(18)20-10-6-5-9-19-13(17)8-4-3-7-12(15)16/h1,3-10H2,2H3,(H,15,16). The Morgan fingerprint density at radius 3 is 2.05 bits per heavy atom. The van der Waals surface area contributed by atoms with E-state index in [4.69, 9.17) is 14.6 Å². The summed E-state index contributed by atoms with van der Waals surface area (Å²) in [6.07, 6.45) is 2.53. The average Bonchev–Trinajstić information content (AvgIpc) is 2.38. The molecule has 0 bridgehead atoms. The van der Waals surface area contributed by atoms with Gasteiger partial charge in [-0.2, -0.15) is 0 Å². The van der Waals surface area contributed by atoms with E-state index < -0.39 is 11.9 Å². The fourth-order valence-corrected chi connectivity index (χ4v) is 1.30. The molecule has 0 aliphatic heterocycles. The van der Waals surface area contributed by atoms with Crippen LogP contribution in [0.2, 0.25) is 0 Å². The third-order valence-electron chi connectivity index (χ3n) is 2.40. The maximum atomic E-state index is 11.3. The van der Waals surface area contributed by atoms with Crippen LogP contribution in [0.4, 0.5) is 0 Å². The van der Waals surface area contributed by atoms with E-state index in [2.05, 4.69) is 6.58 Å². The van der Waals surface area contributed by atoms with Gasteiger partial charge in [-0.3, -0.25) is 9.59 Å². The fourth-order valence-electron chi connectivity index (χ4n) is 1.30. The number of hydrogen-bond donors (Lipinski definition) is 1. The quantitative estimate of drug-likeness (QED) is 0.355. The second-order valence-electron chi connectivity index (χ2n) is 4.44. The number of carbonyl (C=O) groups excluding carboxylic acids is 2. The second-order valence-corrected chi connectivity index (χ2v) is 4.44. The molecular formula is C14H22O6. The second kappa shape index (κ2) is 11.0. The van der Waals surface area contributed by atoms with Crippen molar-refractivity contribution >= 4 is 17.9 Å². The summed E-state index contributed by atoms with van der Waals surface area (Å²) < 4.78 is 9.84. The van der Waals surface area contributed by atoms with Crippen LogP contribution in [0.3, 0.4) is 0 Å². The highest BCUT2D eigenvalue weighted by atomic mass is 16.5. The first kappa shape index (κ1) is 18.1. The van der Waals surface area contributed by atoms with Crippen molar-refractivity contribution in [2.24, 2.45) is 0 Å². The lowest BCUT2D eigenvalue weighted by molar-refractivity contribution is -0.145. The number of carboxylic acid groups (broad SMARTS) is 1. The highest BCUT2D eigenvalue weighted by molar-refractivity contribution is 5.86. The molecule has 0 heterocycles. The lowest BCUT2D eigenvalue weighted by Crippen LogP contribution is -2.09. The Morgan fingerprint density at radius 2 is 1.50 bits per heavy atom. The number of carbonyl (C=O) groups is 3. The van der Waals surface area contributed by atoms with Gasteiger partial charge in [0.05, 0.1) is 13.2 Å². The molecule has 0 atom stereocenters. The van der Waals surface area contributed by atoms with Gasteiger partial charge in [0.1, 0.15) is 0 Å². The number of carboxylic acids is 1. The largest absolute Gasteiger partial charge is 0.481 e. The van der Waals surface area contributed by atoms with E-state index in [1.165, 1.54) is 0 Å². The summed E-state index contributed by atoms with van der Waals surface area (Å²) in [7, 11) is 0. The molecule has 0 fully saturated rings. The molecule has 114 valence electrons. The molecule has 0 amide bonds. The van der Waals surface area contributed by atoms with Crippen LogP contribution >= 0.6 is 0 Å². The molecule has 0 spiro atoms. The van der Waals surface area contributed by atoms with E-state index >= 15 is 0 Å². The molecule has 6 nitrogen and oxygen atoms in total. The zero-order chi connectivity index (χ0) is 15.4. The fraction of sp³-hybridized carbons (Fsp3) is 0.643. The Bertz CT molecular complexity index is 348. The molecule has 0 aromatic rings. The molecule has 0 saturated carbocycles. The maximum Gasteiger partial charge on any atom is 0.333 e. The van der Waals surface area contributed by atoms with Crippen molar-refractivity contribution < 1.29 is 29.0 Å². The summed E-state index contributed by atoms with van der Waals surface area (Å²) in [6, 6.07) is 0. The molecule has 20 heavy (non-hydrogen) atoms. The Hall–Kier alpha value is -1.85.